The van der Waals surface area contributed by atoms with E-state index in [2.05, 4.69) is 15.9 Å². The van der Waals surface area contributed by atoms with Crippen LogP contribution in [0.1, 0.15) is 10.4 Å². The second-order valence-electron chi connectivity index (χ2n) is 3.92. The van der Waals surface area contributed by atoms with Crippen LogP contribution in [-0.4, -0.2) is 12.4 Å². The Balaban J connectivity index is 2.11. The quantitative estimate of drug-likeness (QED) is 0.615. The molecule has 0 saturated heterocycles. The van der Waals surface area contributed by atoms with E-state index in [0.29, 0.717) is 0 Å². The van der Waals surface area contributed by atoms with Gasteiger partial charge in [-0.2, -0.15) is 4.39 Å². The maximum absolute atomic E-state index is 13.4. The fraction of sp³-hybridized carbons (Fsp3) is 0.0714. The Morgan fingerprint density at radius 1 is 1.15 bits per heavy atom. The number of hydrogen-bond acceptors (Lipinski definition) is 2. The van der Waals surface area contributed by atoms with Crippen molar-refractivity contribution in [1.82, 2.24) is 0 Å². The normalized spacial score (nSPS) is 10.4. The zero-order valence-electron chi connectivity index (χ0n) is 10.00. The molecule has 0 unspecified atom stereocenters. The third-order valence-electron chi connectivity index (χ3n) is 2.46. The summed E-state index contributed by atoms with van der Waals surface area (Å²) in [6.45, 7) is -0.518. The number of carbonyl (C=O) groups is 1. The second kappa shape index (κ2) is 6.09. The molecule has 6 heteroatoms. The number of rotatable bonds is 4. The molecule has 0 aliphatic heterocycles. The molecule has 0 radical (unpaired) electrons. The van der Waals surface area contributed by atoms with Gasteiger partial charge in [0.25, 0.3) is 0 Å². The van der Waals surface area contributed by atoms with E-state index in [1.165, 1.54) is 24.3 Å². The first-order chi connectivity index (χ1) is 9.47. The average molecular weight is 345 g/mol. The van der Waals surface area contributed by atoms with Crippen LogP contribution in [0.4, 0.5) is 13.2 Å². The molecule has 2 rings (SSSR count). The minimum atomic E-state index is -1.18. The molecule has 0 spiro atoms. The molecule has 20 heavy (non-hydrogen) atoms. The third-order valence-corrected chi connectivity index (χ3v) is 2.92. The van der Waals surface area contributed by atoms with Gasteiger partial charge in [0, 0.05) is 10.0 Å². The molecule has 0 aromatic heterocycles. The van der Waals surface area contributed by atoms with Gasteiger partial charge in [-0.15, -0.1) is 0 Å². The summed E-state index contributed by atoms with van der Waals surface area (Å²) in [6.07, 6.45) is 0. The van der Waals surface area contributed by atoms with Crippen molar-refractivity contribution >= 4 is 21.7 Å². The Morgan fingerprint density at radius 3 is 2.60 bits per heavy atom. The molecule has 0 atom stereocenters. The predicted molar refractivity (Wildman–Crippen MR) is 70.3 cm³/mol. The van der Waals surface area contributed by atoms with Crippen LogP contribution >= 0.6 is 15.9 Å². The van der Waals surface area contributed by atoms with Gasteiger partial charge in [-0.1, -0.05) is 28.1 Å². The van der Waals surface area contributed by atoms with Gasteiger partial charge in [-0.25, -0.2) is 8.78 Å². The Morgan fingerprint density at radius 2 is 1.90 bits per heavy atom. The van der Waals surface area contributed by atoms with Crippen molar-refractivity contribution in [2.75, 3.05) is 6.61 Å². The van der Waals surface area contributed by atoms with E-state index in [0.717, 1.165) is 12.1 Å². The summed E-state index contributed by atoms with van der Waals surface area (Å²) in [6, 6.07) is 7.17. The van der Waals surface area contributed by atoms with Gasteiger partial charge in [0.05, 0.1) is 0 Å². The van der Waals surface area contributed by atoms with Crippen LogP contribution in [0.2, 0.25) is 0 Å². The standard InChI is InChI=1S/C14H8BrF3O2/c15-9-5-11(17)14(18)13(6-9)20-7-12(19)8-2-1-3-10(16)4-8/h1-6H,7H2. The summed E-state index contributed by atoms with van der Waals surface area (Å²) in [5.41, 5.74) is 0.0980. The highest BCUT2D eigenvalue weighted by Gasteiger charge is 2.14. The van der Waals surface area contributed by atoms with Crippen LogP contribution in [0.25, 0.3) is 0 Å². The number of hydrogen-bond donors (Lipinski definition) is 0. The fourth-order valence-corrected chi connectivity index (χ4v) is 1.93. The van der Waals surface area contributed by atoms with Crippen molar-refractivity contribution in [3.63, 3.8) is 0 Å². The molecule has 0 bridgehead atoms. The first-order valence-corrected chi connectivity index (χ1v) is 6.33. The minimum absolute atomic E-state index is 0.0980. The number of Topliss-reactive ketones (excluding diaryl/α,β-unsaturated/α-hetero) is 1. The van der Waals surface area contributed by atoms with Crippen LogP contribution in [0.3, 0.4) is 0 Å². The van der Waals surface area contributed by atoms with Crippen molar-refractivity contribution in [2.45, 2.75) is 0 Å². The third kappa shape index (κ3) is 3.39. The first kappa shape index (κ1) is 14.6. The minimum Gasteiger partial charge on any atom is -0.482 e. The van der Waals surface area contributed by atoms with Crippen molar-refractivity contribution in [3.05, 3.63) is 63.9 Å². The van der Waals surface area contributed by atoms with E-state index in [1.807, 2.05) is 0 Å². The Hall–Kier alpha value is -1.82. The number of halogens is 4. The summed E-state index contributed by atoms with van der Waals surface area (Å²) in [5.74, 6) is -3.76. The molecule has 0 amide bonds. The zero-order valence-corrected chi connectivity index (χ0v) is 11.6. The molecular weight excluding hydrogens is 337 g/mol. The van der Waals surface area contributed by atoms with Gasteiger partial charge in [0.1, 0.15) is 5.82 Å². The van der Waals surface area contributed by atoms with Crippen LogP contribution in [0.15, 0.2) is 40.9 Å². The molecule has 2 nitrogen and oxygen atoms in total. The summed E-state index contributed by atoms with van der Waals surface area (Å²) in [5, 5.41) is 0. The van der Waals surface area contributed by atoms with Crippen LogP contribution in [0, 0.1) is 17.5 Å². The Bertz CT molecular complexity index is 659. The number of ether oxygens (including phenoxy) is 1. The molecule has 0 fully saturated rings. The topological polar surface area (TPSA) is 26.3 Å². The van der Waals surface area contributed by atoms with Gasteiger partial charge >= 0.3 is 0 Å². The molecule has 0 N–H and O–H groups in total. The molecule has 2 aromatic rings. The number of carbonyl (C=O) groups excluding carboxylic acids is 1. The van der Waals surface area contributed by atoms with E-state index in [1.54, 1.807) is 0 Å². The van der Waals surface area contributed by atoms with Crippen LogP contribution in [0.5, 0.6) is 5.75 Å². The lowest BCUT2D eigenvalue weighted by molar-refractivity contribution is 0.0917. The van der Waals surface area contributed by atoms with Gasteiger partial charge in [-0.05, 0) is 24.3 Å². The zero-order chi connectivity index (χ0) is 14.7. The summed E-state index contributed by atoms with van der Waals surface area (Å²) < 4.78 is 44.7. The summed E-state index contributed by atoms with van der Waals surface area (Å²) in [7, 11) is 0. The Kier molecular flexibility index (Phi) is 4.44. The first-order valence-electron chi connectivity index (χ1n) is 5.53. The SMILES string of the molecule is O=C(COc1cc(Br)cc(F)c1F)c1cccc(F)c1. The van der Waals surface area contributed by atoms with Gasteiger partial charge in [-0.3, -0.25) is 4.79 Å². The van der Waals surface area contributed by atoms with Gasteiger partial charge in [0.2, 0.25) is 5.82 Å². The van der Waals surface area contributed by atoms with Crippen LogP contribution in [-0.2, 0) is 0 Å². The molecule has 2 aromatic carbocycles. The highest BCUT2D eigenvalue weighted by molar-refractivity contribution is 9.10. The highest BCUT2D eigenvalue weighted by Crippen LogP contribution is 2.25. The number of ketones is 1. The molecule has 0 aliphatic rings. The molecule has 0 aliphatic carbocycles. The van der Waals surface area contributed by atoms with E-state index in [-0.39, 0.29) is 15.8 Å². The maximum atomic E-state index is 13.4. The van der Waals surface area contributed by atoms with Crippen molar-refractivity contribution in [2.24, 2.45) is 0 Å². The average Bonchev–Trinajstić information content (AvgIpc) is 2.40. The largest absolute Gasteiger partial charge is 0.482 e. The lowest BCUT2D eigenvalue weighted by Gasteiger charge is -2.08. The number of benzene rings is 2. The van der Waals surface area contributed by atoms with Gasteiger partial charge < -0.3 is 4.74 Å². The van der Waals surface area contributed by atoms with E-state index in [4.69, 9.17) is 4.74 Å². The predicted octanol–water partition coefficient (Wildman–Crippen LogP) is 4.13. The van der Waals surface area contributed by atoms with E-state index < -0.39 is 29.8 Å². The fourth-order valence-electron chi connectivity index (χ4n) is 1.53. The van der Waals surface area contributed by atoms with Crippen LogP contribution < -0.4 is 4.74 Å². The lowest BCUT2D eigenvalue weighted by atomic mass is 10.1. The molecular formula is C14H8BrF3O2. The molecule has 0 saturated carbocycles. The van der Waals surface area contributed by atoms with Crippen molar-refractivity contribution in [3.8, 4) is 5.75 Å². The highest BCUT2D eigenvalue weighted by atomic mass is 79.9. The summed E-state index contributed by atoms with van der Waals surface area (Å²) in [4.78, 5) is 11.7. The Labute approximate surface area is 121 Å². The smallest absolute Gasteiger partial charge is 0.200 e. The lowest BCUT2D eigenvalue weighted by Crippen LogP contribution is -2.12. The second-order valence-corrected chi connectivity index (χ2v) is 4.84. The summed E-state index contributed by atoms with van der Waals surface area (Å²) >= 11 is 2.99. The van der Waals surface area contributed by atoms with E-state index >= 15 is 0 Å². The van der Waals surface area contributed by atoms with Crippen molar-refractivity contribution in [1.29, 1.82) is 0 Å². The van der Waals surface area contributed by atoms with E-state index in [9.17, 15) is 18.0 Å². The van der Waals surface area contributed by atoms with Gasteiger partial charge in [0.15, 0.2) is 24.0 Å². The monoisotopic (exact) mass is 344 g/mol. The molecule has 0 heterocycles. The van der Waals surface area contributed by atoms with Crippen molar-refractivity contribution < 1.29 is 22.7 Å². The molecule has 104 valence electrons. The maximum Gasteiger partial charge on any atom is 0.200 e.